The van der Waals surface area contributed by atoms with Crippen molar-refractivity contribution in [2.24, 2.45) is 0 Å². The Morgan fingerprint density at radius 1 is 1.27 bits per heavy atom. The summed E-state index contributed by atoms with van der Waals surface area (Å²) in [6, 6.07) is 8.66. The van der Waals surface area contributed by atoms with E-state index in [9.17, 15) is 0 Å². The van der Waals surface area contributed by atoms with E-state index in [2.05, 4.69) is 31.3 Å². The lowest BCUT2D eigenvalue weighted by Gasteiger charge is -2.19. The van der Waals surface area contributed by atoms with Crippen LogP contribution in [0.3, 0.4) is 0 Å². The van der Waals surface area contributed by atoms with Crippen LogP contribution in [-0.2, 0) is 0 Å². The van der Waals surface area contributed by atoms with Crippen LogP contribution in [0.15, 0.2) is 24.3 Å². The van der Waals surface area contributed by atoms with Gasteiger partial charge in [0.2, 0.25) is 0 Å². The van der Waals surface area contributed by atoms with Gasteiger partial charge in [-0.05, 0) is 19.0 Å². The number of hydrogen-bond acceptors (Lipinski definition) is 2. The Bertz CT molecular complexity index is 280. The highest BCUT2D eigenvalue weighted by molar-refractivity contribution is 5.35. The van der Waals surface area contributed by atoms with Gasteiger partial charge in [0.25, 0.3) is 0 Å². The SMILES string of the molecule is CCCC(NCC)c1ccccc1OC. The molecular formula is C13H21NO. The zero-order valence-corrected chi connectivity index (χ0v) is 9.92. The van der Waals surface area contributed by atoms with E-state index in [0.29, 0.717) is 6.04 Å². The van der Waals surface area contributed by atoms with Crippen molar-refractivity contribution in [3.8, 4) is 5.75 Å². The van der Waals surface area contributed by atoms with E-state index in [1.165, 1.54) is 12.0 Å². The quantitative estimate of drug-likeness (QED) is 0.773. The summed E-state index contributed by atoms with van der Waals surface area (Å²) in [5.74, 6) is 0.983. The molecule has 0 aliphatic heterocycles. The van der Waals surface area contributed by atoms with Crippen molar-refractivity contribution in [2.75, 3.05) is 13.7 Å². The summed E-state index contributed by atoms with van der Waals surface area (Å²) in [5.41, 5.74) is 1.27. The third-order valence-corrected chi connectivity index (χ3v) is 2.54. The minimum absolute atomic E-state index is 0.413. The molecule has 0 fully saturated rings. The van der Waals surface area contributed by atoms with Crippen LogP contribution in [0.4, 0.5) is 0 Å². The van der Waals surface area contributed by atoms with Gasteiger partial charge in [-0.3, -0.25) is 0 Å². The maximum absolute atomic E-state index is 5.38. The molecule has 84 valence electrons. The number of ether oxygens (including phenoxy) is 1. The Labute approximate surface area is 92.6 Å². The van der Waals surface area contributed by atoms with E-state index in [-0.39, 0.29) is 0 Å². The van der Waals surface area contributed by atoms with Crippen LogP contribution >= 0.6 is 0 Å². The Balaban J connectivity index is 2.88. The van der Waals surface area contributed by atoms with E-state index < -0.39 is 0 Å². The van der Waals surface area contributed by atoms with Crippen LogP contribution in [0, 0.1) is 0 Å². The molecule has 15 heavy (non-hydrogen) atoms. The van der Waals surface area contributed by atoms with Gasteiger partial charge in [-0.25, -0.2) is 0 Å². The Hall–Kier alpha value is -1.02. The van der Waals surface area contributed by atoms with Gasteiger partial charge in [0.1, 0.15) is 5.75 Å². The first kappa shape index (κ1) is 12.1. The minimum atomic E-state index is 0.413. The second kappa shape index (κ2) is 6.46. The minimum Gasteiger partial charge on any atom is -0.496 e. The van der Waals surface area contributed by atoms with E-state index in [1.54, 1.807) is 7.11 Å². The fraction of sp³-hybridized carbons (Fsp3) is 0.538. The maximum atomic E-state index is 5.38. The highest BCUT2D eigenvalue weighted by Crippen LogP contribution is 2.27. The second-order valence-corrected chi connectivity index (χ2v) is 3.64. The molecule has 1 unspecified atom stereocenters. The summed E-state index contributed by atoms with van der Waals surface area (Å²) in [5, 5.41) is 3.49. The van der Waals surface area contributed by atoms with Gasteiger partial charge in [0, 0.05) is 11.6 Å². The highest BCUT2D eigenvalue weighted by Gasteiger charge is 2.13. The van der Waals surface area contributed by atoms with Crippen molar-refractivity contribution < 1.29 is 4.74 Å². The fourth-order valence-corrected chi connectivity index (χ4v) is 1.86. The summed E-state index contributed by atoms with van der Waals surface area (Å²) in [7, 11) is 1.73. The van der Waals surface area contributed by atoms with Crippen LogP contribution in [0.25, 0.3) is 0 Å². The van der Waals surface area contributed by atoms with Crippen LogP contribution in [-0.4, -0.2) is 13.7 Å². The Kier molecular flexibility index (Phi) is 5.19. The molecule has 0 aliphatic rings. The number of benzene rings is 1. The summed E-state index contributed by atoms with van der Waals surface area (Å²) >= 11 is 0. The molecule has 0 saturated heterocycles. The van der Waals surface area contributed by atoms with Gasteiger partial charge in [-0.2, -0.15) is 0 Å². The van der Waals surface area contributed by atoms with Crippen molar-refractivity contribution in [2.45, 2.75) is 32.7 Å². The average molecular weight is 207 g/mol. The summed E-state index contributed by atoms with van der Waals surface area (Å²) in [4.78, 5) is 0. The zero-order valence-electron chi connectivity index (χ0n) is 9.92. The van der Waals surface area contributed by atoms with Crippen LogP contribution < -0.4 is 10.1 Å². The van der Waals surface area contributed by atoms with Gasteiger partial charge >= 0.3 is 0 Å². The predicted octanol–water partition coefficient (Wildman–Crippen LogP) is 3.15. The van der Waals surface area contributed by atoms with Crippen molar-refractivity contribution in [3.05, 3.63) is 29.8 Å². The van der Waals surface area contributed by atoms with Crippen LogP contribution in [0.5, 0.6) is 5.75 Å². The second-order valence-electron chi connectivity index (χ2n) is 3.64. The molecule has 0 spiro atoms. The molecule has 0 saturated carbocycles. The monoisotopic (exact) mass is 207 g/mol. The lowest BCUT2D eigenvalue weighted by Crippen LogP contribution is -2.21. The molecule has 0 radical (unpaired) electrons. The van der Waals surface area contributed by atoms with Gasteiger partial charge in [-0.15, -0.1) is 0 Å². The van der Waals surface area contributed by atoms with E-state index in [0.717, 1.165) is 18.7 Å². The smallest absolute Gasteiger partial charge is 0.123 e. The molecule has 1 atom stereocenters. The highest BCUT2D eigenvalue weighted by atomic mass is 16.5. The van der Waals surface area contributed by atoms with Gasteiger partial charge in [-0.1, -0.05) is 38.5 Å². The third kappa shape index (κ3) is 3.24. The standard InChI is InChI=1S/C13H21NO/c1-4-8-12(14-5-2)11-9-6-7-10-13(11)15-3/h6-7,9-10,12,14H,4-5,8H2,1-3H3. The average Bonchev–Trinajstić information content (AvgIpc) is 2.29. The maximum Gasteiger partial charge on any atom is 0.123 e. The normalized spacial score (nSPS) is 12.5. The van der Waals surface area contributed by atoms with E-state index in [1.807, 2.05) is 12.1 Å². The first-order chi connectivity index (χ1) is 7.33. The zero-order chi connectivity index (χ0) is 11.1. The summed E-state index contributed by atoms with van der Waals surface area (Å²) < 4.78 is 5.38. The lowest BCUT2D eigenvalue weighted by molar-refractivity contribution is 0.395. The predicted molar refractivity (Wildman–Crippen MR) is 64.3 cm³/mol. The Morgan fingerprint density at radius 2 is 2.00 bits per heavy atom. The largest absolute Gasteiger partial charge is 0.496 e. The molecule has 0 amide bonds. The lowest BCUT2D eigenvalue weighted by atomic mass is 10.0. The molecule has 2 heteroatoms. The van der Waals surface area contributed by atoms with Crippen molar-refractivity contribution in [3.63, 3.8) is 0 Å². The number of nitrogens with one attached hydrogen (secondary N) is 1. The molecule has 1 N–H and O–H groups in total. The van der Waals surface area contributed by atoms with Crippen LogP contribution in [0.1, 0.15) is 38.3 Å². The van der Waals surface area contributed by atoms with Crippen molar-refractivity contribution in [1.82, 2.24) is 5.32 Å². The number of methoxy groups -OCH3 is 1. The molecule has 1 aromatic rings. The van der Waals surface area contributed by atoms with Gasteiger partial charge < -0.3 is 10.1 Å². The number of hydrogen-bond donors (Lipinski definition) is 1. The molecular weight excluding hydrogens is 186 g/mol. The van der Waals surface area contributed by atoms with Gasteiger partial charge in [0.15, 0.2) is 0 Å². The molecule has 0 aliphatic carbocycles. The first-order valence-corrected chi connectivity index (χ1v) is 5.69. The molecule has 1 rings (SSSR count). The molecule has 1 aromatic carbocycles. The van der Waals surface area contributed by atoms with Crippen molar-refractivity contribution in [1.29, 1.82) is 0 Å². The molecule has 2 nitrogen and oxygen atoms in total. The molecule has 0 aromatic heterocycles. The molecule has 0 bridgehead atoms. The topological polar surface area (TPSA) is 21.3 Å². The first-order valence-electron chi connectivity index (χ1n) is 5.69. The van der Waals surface area contributed by atoms with Crippen LogP contribution in [0.2, 0.25) is 0 Å². The van der Waals surface area contributed by atoms with E-state index in [4.69, 9.17) is 4.74 Å². The summed E-state index contributed by atoms with van der Waals surface area (Å²) in [6.45, 7) is 5.33. The molecule has 0 heterocycles. The number of para-hydroxylation sites is 1. The van der Waals surface area contributed by atoms with Crippen molar-refractivity contribution >= 4 is 0 Å². The Morgan fingerprint density at radius 3 is 2.60 bits per heavy atom. The third-order valence-electron chi connectivity index (χ3n) is 2.54. The fourth-order valence-electron chi connectivity index (χ4n) is 1.86. The number of rotatable bonds is 6. The van der Waals surface area contributed by atoms with Gasteiger partial charge in [0.05, 0.1) is 7.11 Å². The summed E-state index contributed by atoms with van der Waals surface area (Å²) in [6.07, 6.45) is 2.32. The van der Waals surface area contributed by atoms with E-state index >= 15 is 0 Å².